The van der Waals surface area contributed by atoms with E-state index in [2.05, 4.69) is 38.1 Å². The van der Waals surface area contributed by atoms with Gasteiger partial charge in [0.15, 0.2) is 5.96 Å². The number of aliphatic imine (C=N–C) groups is 1. The highest BCUT2D eigenvalue weighted by Gasteiger charge is 2.04. The van der Waals surface area contributed by atoms with Gasteiger partial charge in [0.05, 0.1) is 7.11 Å². The molecule has 2 heterocycles. The summed E-state index contributed by atoms with van der Waals surface area (Å²) in [5, 5.41) is 8.66. The standard InChI is InChI=1S/C15H20N4OS/c1-16-15(18-9-7-13-6-4-10-21-13)19-11-12-5-3-8-17-14(12)20-2/h3-6,8,10H,7,9,11H2,1-2H3,(H2,16,18,19). The van der Waals surface area contributed by atoms with Crippen molar-refractivity contribution < 1.29 is 4.74 Å². The molecule has 6 heteroatoms. The fraction of sp³-hybridized carbons (Fsp3) is 0.333. The minimum atomic E-state index is 0.621. The Labute approximate surface area is 129 Å². The van der Waals surface area contributed by atoms with Crippen molar-refractivity contribution in [3.8, 4) is 5.88 Å². The van der Waals surface area contributed by atoms with Crippen LogP contribution in [0.5, 0.6) is 5.88 Å². The minimum absolute atomic E-state index is 0.621. The first-order chi connectivity index (χ1) is 10.3. The zero-order valence-corrected chi connectivity index (χ0v) is 13.1. The summed E-state index contributed by atoms with van der Waals surface area (Å²) >= 11 is 1.77. The van der Waals surface area contributed by atoms with Crippen molar-refractivity contribution in [3.05, 3.63) is 46.3 Å². The molecule has 112 valence electrons. The average Bonchev–Trinajstić information content (AvgIpc) is 3.04. The number of guanidine groups is 1. The number of methoxy groups -OCH3 is 1. The molecule has 0 aromatic carbocycles. The lowest BCUT2D eigenvalue weighted by Gasteiger charge is -2.12. The van der Waals surface area contributed by atoms with Crippen LogP contribution in [-0.4, -0.2) is 31.6 Å². The Morgan fingerprint density at radius 3 is 2.95 bits per heavy atom. The maximum atomic E-state index is 5.23. The van der Waals surface area contributed by atoms with E-state index in [1.165, 1.54) is 4.88 Å². The van der Waals surface area contributed by atoms with Crippen molar-refractivity contribution in [1.29, 1.82) is 0 Å². The van der Waals surface area contributed by atoms with Crippen molar-refractivity contribution in [2.45, 2.75) is 13.0 Å². The van der Waals surface area contributed by atoms with E-state index in [1.54, 1.807) is 31.7 Å². The van der Waals surface area contributed by atoms with Crippen LogP contribution < -0.4 is 15.4 Å². The van der Waals surface area contributed by atoms with Gasteiger partial charge < -0.3 is 15.4 Å². The highest BCUT2D eigenvalue weighted by Crippen LogP contribution is 2.12. The van der Waals surface area contributed by atoms with E-state index in [-0.39, 0.29) is 0 Å². The van der Waals surface area contributed by atoms with E-state index in [0.717, 1.165) is 24.5 Å². The summed E-state index contributed by atoms with van der Waals surface area (Å²) in [6.07, 6.45) is 2.71. The van der Waals surface area contributed by atoms with Gasteiger partial charge in [-0.3, -0.25) is 4.99 Å². The highest BCUT2D eigenvalue weighted by molar-refractivity contribution is 7.09. The Morgan fingerprint density at radius 2 is 2.24 bits per heavy atom. The molecule has 0 fully saturated rings. The molecule has 0 unspecified atom stereocenters. The highest BCUT2D eigenvalue weighted by atomic mass is 32.1. The number of nitrogens with zero attached hydrogens (tertiary/aromatic N) is 2. The molecular formula is C15H20N4OS. The fourth-order valence-electron chi connectivity index (χ4n) is 1.90. The topological polar surface area (TPSA) is 58.5 Å². The van der Waals surface area contributed by atoms with Gasteiger partial charge in [-0.15, -0.1) is 11.3 Å². The number of hydrogen-bond acceptors (Lipinski definition) is 4. The average molecular weight is 304 g/mol. The summed E-state index contributed by atoms with van der Waals surface area (Å²) < 4.78 is 5.23. The van der Waals surface area contributed by atoms with Crippen molar-refractivity contribution in [1.82, 2.24) is 15.6 Å². The summed E-state index contributed by atoms with van der Waals surface area (Å²) in [5.41, 5.74) is 1.00. The molecule has 5 nitrogen and oxygen atoms in total. The van der Waals surface area contributed by atoms with Gasteiger partial charge in [0.1, 0.15) is 0 Å². The molecule has 2 aromatic rings. The van der Waals surface area contributed by atoms with Crippen LogP contribution in [0.3, 0.4) is 0 Å². The van der Waals surface area contributed by atoms with Gasteiger partial charge in [-0.2, -0.15) is 0 Å². The van der Waals surface area contributed by atoms with Gasteiger partial charge in [0.25, 0.3) is 0 Å². The molecule has 2 aromatic heterocycles. The monoisotopic (exact) mass is 304 g/mol. The number of nitrogens with one attached hydrogen (secondary N) is 2. The molecule has 0 bridgehead atoms. The van der Waals surface area contributed by atoms with Crippen LogP contribution in [0.2, 0.25) is 0 Å². The molecule has 0 spiro atoms. The molecule has 0 aliphatic carbocycles. The second-order valence-electron chi connectivity index (χ2n) is 4.35. The Morgan fingerprint density at radius 1 is 1.33 bits per heavy atom. The summed E-state index contributed by atoms with van der Waals surface area (Å²) in [6.45, 7) is 1.47. The Hall–Kier alpha value is -2.08. The van der Waals surface area contributed by atoms with Crippen LogP contribution in [-0.2, 0) is 13.0 Å². The first kappa shape index (κ1) is 15.3. The molecule has 0 saturated heterocycles. The van der Waals surface area contributed by atoms with Crippen LogP contribution >= 0.6 is 11.3 Å². The SMILES string of the molecule is CN=C(NCCc1cccs1)NCc1cccnc1OC. The normalized spacial score (nSPS) is 11.2. The maximum Gasteiger partial charge on any atom is 0.218 e. The Balaban J connectivity index is 1.80. The van der Waals surface area contributed by atoms with E-state index < -0.39 is 0 Å². The molecular weight excluding hydrogens is 284 g/mol. The largest absolute Gasteiger partial charge is 0.481 e. The van der Waals surface area contributed by atoms with Crippen LogP contribution in [0.1, 0.15) is 10.4 Å². The maximum absolute atomic E-state index is 5.23. The number of aromatic nitrogens is 1. The number of thiophene rings is 1. The van der Waals surface area contributed by atoms with Crippen molar-refractivity contribution in [2.24, 2.45) is 4.99 Å². The van der Waals surface area contributed by atoms with Gasteiger partial charge in [-0.05, 0) is 23.9 Å². The summed E-state index contributed by atoms with van der Waals surface area (Å²) in [6, 6.07) is 8.09. The van der Waals surface area contributed by atoms with E-state index in [9.17, 15) is 0 Å². The number of pyridine rings is 1. The third-order valence-electron chi connectivity index (χ3n) is 2.96. The fourth-order valence-corrected chi connectivity index (χ4v) is 2.61. The molecule has 2 N–H and O–H groups in total. The van der Waals surface area contributed by atoms with Crippen LogP contribution in [0.25, 0.3) is 0 Å². The predicted octanol–water partition coefficient (Wildman–Crippen LogP) is 2.06. The summed E-state index contributed by atoms with van der Waals surface area (Å²) in [7, 11) is 3.39. The first-order valence-corrected chi connectivity index (χ1v) is 7.66. The second-order valence-corrected chi connectivity index (χ2v) is 5.39. The molecule has 0 aliphatic rings. The zero-order valence-electron chi connectivity index (χ0n) is 12.3. The summed E-state index contributed by atoms with van der Waals surface area (Å²) in [5.74, 6) is 1.41. The van der Waals surface area contributed by atoms with Crippen LogP contribution in [0.4, 0.5) is 0 Å². The predicted molar refractivity (Wildman–Crippen MR) is 87.0 cm³/mol. The van der Waals surface area contributed by atoms with Crippen molar-refractivity contribution >= 4 is 17.3 Å². The molecule has 2 rings (SSSR count). The Kier molecular flexibility index (Phi) is 6.02. The van der Waals surface area contributed by atoms with E-state index in [4.69, 9.17) is 4.74 Å². The third-order valence-corrected chi connectivity index (χ3v) is 3.89. The molecule has 0 saturated carbocycles. The van der Waals surface area contributed by atoms with Gasteiger partial charge in [0.2, 0.25) is 5.88 Å². The van der Waals surface area contributed by atoms with Gasteiger partial charge >= 0.3 is 0 Å². The summed E-state index contributed by atoms with van der Waals surface area (Å²) in [4.78, 5) is 9.76. The number of ether oxygens (including phenoxy) is 1. The molecule has 0 aliphatic heterocycles. The quantitative estimate of drug-likeness (QED) is 0.633. The van der Waals surface area contributed by atoms with E-state index in [1.807, 2.05) is 12.1 Å². The molecule has 0 amide bonds. The van der Waals surface area contributed by atoms with E-state index >= 15 is 0 Å². The third kappa shape index (κ3) is 4.75. The number of hydrogen-bond donors (Lipinski definition) is 2. The van der Waals surface area contributed by atoms with E-state index in [0.29, 0.717) is 12.4 Å². The van der Waals surface area contributed by atoms with Crippen molar-refractivity contribution in [2.75, 3.05) is 20.7 Å². The molecule has 21 heavy (non-hydrogen) atoms. The minimum Gasteiger partial charge on any atom is -0.481 e. The molecule has 0 atom stereocenters. The Bertz CT molecular complexity index is 569. The van der Waals surface area contributed by atoms with Gasteiger partial charge in [-0.1, -0.05) is 12.1 Å². The zero-order chi connectivity index (χ0) is 14.9. The van der Waals surface area contributed by atoms with Crippen molar-refractivity contribution in [3.63, 3.8) is 0 Å². The lowest BCUT2D eigenvalue weighted by molar-refractivity contribution is 0.392. The lowest BCUT2D eigenvalue weighted by Crippen LogP contribution is -2.37. The van der Waals surface area contributed by atoms with Crippen LogP contribution in [0.15, 0.2) is 40.8 Å². The lowest BCUT2D eigenvalue weighted by atomic mass is 10.2. The number of rotatable bonds is 6. The first-order valence-electron chi connectivity index (χ1n) is 6.78. The van der Waals surface area contributed by atoms with Gasteiger partial charge in [-0.25, -0.2) is 4.98 Å². The van der Waals surface area contributed by atoms with Gasteiger partial charge in [0, 0.05) is 36.8 Å². The second kappa shape index (κ2) is 8.26. The molecule has 0 radical (unpaired) electrons. The van der Waals surface area contributed by atoms with Crippen LogP contribution in [0, 0.1) is 0 Å². The smallest absolute Gasteiger partial charge is 0.218 e.